The van der Waals surface area contributed by atoms with Crippen LogP contribution in [0.5, 0.6) is 0 Å². The third-order valence-corrected chi connectivity index (χ3v) is 5.26. The third-order valence-electron chi connectivity index (χ3n) is 5.26. The maximum absolute atomic E-state index is 13.6. The molecule has 3 rings (SSSR count). The van der Waals surface area contributed by atoms with Gasteiger partial charge in [0, 0.05) is 47.1 Å². The minimum Gasteiger partial charge on any atom is -0.383 e. The number of anilines is 2. The van der Waals surface area contributed by atoms with Crippen molar-refractivity contribution in [2.75, 3.05) is 64.4 Å². The highest BCUT2D eigenvalue weighted by Crippen LogP contribution is 2.35. The minimum atomic E-state index is -0.450. The molecule has 7 nitrogen and oxygen atoms in total. The van der Waals surface area contributed by atoms with Crippen LogP contribution in [-0.2, 0) is 19.1 Å². The summed E-state index contributed by atoms with van der Waals surface area (Å²) in [5.74, 6) is -1.30. The van der Waals surface area contributed by atoms with Crippen molar-refractivity contribution < 1.29 is 23.5 Å². The second-order valence-corrected chi connectivity index (χ2v) is 7.56. The lowest BCUT2D eigenvalue weighted by Gasteiger charge is -2.25. The molecule has 0 saturated heterocycles. The van der Waals surface area contributed by atoms with E-state index in [1.165, 1.54) is 29.2 Å². The number of hydrogen-bond donors (Lipinski definition) is 0. The van der Waals surface area contributed by atoms with Crippen LogP contribution >= 0.6 is 0 Å². The van der Waals surface area contributed by atoms with Crippen molar-refractivity contribution in [2.45, 2.75) is 0 Å². The van der Waals surface area contributed by atoms with E-state index >= 15 is 0 Å². The van der Waals surface area contributed by atoms with Gasteiger partial charge >= 0.3 is 0 Å². The van der Waals surface area contributed by atoms with Gasteiger partial charge in [0.1, 0.15) is 11.5 Å². The molecule has 1 aliphatic heterocycles. The number of amides is 2. The number of halogens is 1. The molecule has 0 saturated carbocycles. The molecule has 0 N–H and O–H groups in total. The van der Waals surface area contributed by atoms with Gasteiger partial charge in [-0.15, -0.1) is 0 Å². The van der Waals surface area contributed by atoms with Gasteiger partial charge < -0.3 is 19.3 Å². The van der Waals surface area contributed by atoms with Gasteiger partial charge in [-0.2, -0.15) is 0 Å². The summed E-state index contributed by atoms with van der Waals surface area (Å²) in [5, 5.41) is 0. The first-order valence-corrected chi connectivity index (χ1v) is 10.3. The zero-order valence-electron chi connectivity index (χ0n) is 18.8. The maximum atomic E-state index is 13.6. The smallest absolute Gasteiger partial charge is 0.282 e. The first kappa shape index (κ1) is 23.4. The van der Waals surface area contributed by atoms with Crippen LogP contribution in [0.4, 0.5) is 15.8 Å². The summed E-state index contributed by atoms with van der Waals surface area (Å²) in [6.07, 6.45) is 0. The fourth-order valence-electron chi connectivity index (χ4n) is 3.56. The lowest BCUT2D eigenvalue weighted by Crippen LogP contribution is -2.37. The van der Waals surface area contributed by atoms with Crippen molar-refractivity contribution in [2.24, 2.45) is 0 Å². The minimum absolute atomic E-state index is 0.235. The Morgan fingerprint density at radius 3 is 1.91 bits per heavy atom. The molecule has 0 fully saturated rings. The number of carbonyl (C=O) groups is 2. The molecule has 170 valence electrons. The van der Waals surface area contributed by atoms with Gasteiger partial charge in [0.2, 0.25) is 0 Å². The summed E-state index contributed by atoms with van der Waals surface area (Å²) in [6, 6.07) is 12.8. The van der Waals surface area contributed by atoms with Crippen molar-refractivity contribution in [3.8, 4) is 0 Å². The first-order valence-electron chi connectivity index (χ1n) is 10.3. The fraction of sp³-hybridized carbons (Fsp3) is 0.333. The van der Waals surface area contributed by atoms with Crippen LogP contribution < -0.4 is 9.80 Å². The zero-order valence-corrected chi connectivity index (χ0v) is 18.8. The molecular formula is C24H28FN3O4. The van der Waals surface area contributed by atoms with Crippen LogP contribution in [0.3, 0.4) is 0 Å². The van der Waals surface area contributed by atoms with Gasteiger partial charge in [0.05, 0.1) is 24.5 Å². The van der Waals surface area contributed by atoms with Crippen LogP contribution in [0.25, 0.3) is 5.57 Å². The van der Waals surface area contributed by atoms with E-state index in [1.807, 2.05) is 31.1 Å². The Morgan fingerprint density at radius 1 is 0.844 bits per heavy atom. The fourth-order valence-corrected chi connectivity index (χ4v) is 3.56. The molecular weight excluding hydrogens is 413 g/mol. The average Bonchev–Trinajstić information content (AvgIpc) is 3.04. The molecule has 0 aliphatic carbocycles. The van der Waals surface area contributed by atoms with Crippen LogP contribution in [0.2, 0.25) is 0 Å². The molecule has 0 radical (unpaired) electrons. The number of benzene rings is 2. The van der Waals surface area contributed by atoms with Gasteiger partial charge in [0.15, 0.2) is 0 Å². The molecule has 0 spiro atoms. The van der Waals surface area contributed by atoms with Gasteiger partial charge in [-0.05, 0) is 42.0 Å². The summed E-state index contributed by atoms with van der Waals surface area (Å²) in [7, 11) is 6.97. The molecule has 0 aromatic heterocycles. The van der Waals surface area contributed by atoms with Crippen LogP contribution in [0.1, 0.15) is 5.56 Å². The molecule has 0 atom stereocenters. The Balaban J connectivity index is 2.08. The molecule has 32 heavy (non-hydrogen) atoms. The predicted molar refractivity (Wildman–Crippen MR) is 122 cm³/mol. The predicted octanol–water partition coefficient (Wildman–Crippen LogP) is 2.77. The number of methoxy groups -OCH3 is 2. The summed E-state index contributed by atoms with van der Waals surface area (Å²) in [4.78, 5) is 32.0. The van der Waals surface area contributed by atoms with Crippen molar-refractivity contribution in [3.63, 3.8) is 0 Å². The number of rotatable bonds is 10. The highest BCUT2D eigenvalue weighted by atomic mass is 19.1. The zero-order chi connectivity index (χ0) is 23.3. The van der Waals surface area contributed by atoms with E-state index in [9.17, 15) is 14.0 Å². The number of hydrogen-bond acceptors (Lipinski definition) is 6. The second-order valence-electron chi connectivity index (χ2n) is 7.56. The summed E-state index contributed by atoms with van der Waals surface area (Å²) >= 11 is 0. The molecule has 1 aliphatic rings. The summed E-state index contributed by atoms with van der Waals surface area (Å²) in [5.41, 5.74) is 2.39. The van der Waals surface area contributed by atoms with Gasteiger partial charge in [0.25, 0.3) is 11.8 Å². The van der Waals surface area contributed by atoms with Gasteiger partial charge in [-0.25, -0.2) is 9.29 Å². The van der Waals surface area contributed by atoms with E-state index in [0.29, 0.717) is 37.6 Å². The highest BCUT2D eigenvalue weighted by molar-refractivity contribution is 6.45. The Bertz CT molecular complexity index is 979. The number of imide groups is 1. The first-order chi connectivity index (χ1) is 15.4. The van der Waals surface area contributed by atoms with E-state index in [4.69, 9.17) is 9.47 Å². The Kier molecular flexibility index (Phi) is 7.61. The van der Waals surface area contributed by atoms with E-state index in [2.05, 4.69) is 0 Å². The third kappa shape index (κ3) is 4.81. The van der Waals surface area contributed by atoms with Crippen molar-refractivity contribution in [1.82, 2.24) is 4.90 Å². The molecule has 8 heteroatoms. The van der Waals surface area contributed by atoms with Crippen LogP contribution in [0, 0.1) is 5.82 Å². The Labute approximate surface area is 187 Å². The van der Waals surface area contributed by atoms with Crippen molar-refractivity contribution in [1.29, 1.82) is 0 Å². The lowest BCUT2D eigenvalue weighted by molar-refractivity contribution is -0.120. The Hall–Kier alpha value is -3.23. The number of carbonyl (C=O) groups excluding carboxylic acids is 2. The quantitative estimate of drug-likeness (QED) is 0.529. The number of ether oxygens (including phenoxy) is 2. The van der Waals surface area contributed by atoms with E-state index in [-0.39, 0.29) is 11.3 Å². The summed E-state index contributed by atoms with van der Waals surface area (Å²) < 4.78 is 24.0. The average molecular weight is 442 g/mol. The Morgan fingerprint density at radius 2 is 1.41 bits per heavy atom. The standard InChI is InChI=1S/C24H28FN3O4/c1-26(2)19-9-11-20(12-10-19)28-23(29)21(17-5-7-18(25)8-6-17)22(24(28)30)27(13-15-31-3)14-16-32-4/h5-12H,13-16H2,1-4H3. The largest absolute Gasteiger partial charge is 0.383 e. The molecule has 0 unspecified atom stereocenters. The molecule has 2 aromatic rings. The second kappa shape index (κ2) is 10.4. The van der Waals surface area contributed by atoms with E-state index in [1.54, 1.807) is 31.3 Å². The van der Waals surface area contributed by atoms with E-state index < -0.39 is 17.6 Å². The van der Waals surface area contributed by atoms with Crippen molar-refractivity contribution in [3.05, 3.63) is 65.6 Å². The summed E-state index contributed by atoms with van der Waals surface area (Å²) in [6.45, 7) is 1.52. The highest BCUT2D eigenvalue weighted by Gasteiger charge is 2.42. The van der Waals surface area contributed by atoms with Crippen LogP contribution in [0.15, 0.2) is 54.2 Å². The topological polar surface area (TPSA) is 62.3 Å². The molecule has 1 heterocycles. The SMILES string of the molecule is COCCN(CCOC)C1=C(c2ccc(F)cc2)C(=O)N(c2ccc(N(C)C)cc2)C1=O. The number of nitrogens with zero attached hydrogens (tertiary/aromatic N) is 3. The molecule has 2 amide bonds. The van der Waals surface area contributed by atoms with E-state index in [0.717, 1.165) is 5.69 Å². The molecule has 2 aromatic carbocycles. The lowest BCUT2D eigenvalue weighted by atomic mass is 10.0. The monoisotopic (exact) mass is 441 g/mol. The van der Waals surface area contributed by atoms with Crippen molar-refractivity contribution >= 4 is 28.8 Å². The molecule has 0 bridgehead atoms. The maximum Gasteiger partial charge on any atom is 0.282 e. The van der Waals surface area contributed by atoms with Gasteiger partial charge in [-0.1, -0.05) is 12.1 Å². The van der Waals surface area contributed by atoms with Gasteiger partial charge in [-0.3, -0.25) is 9.59 Å². The van der Waals surface area contributed by atoms with Crippen LogP contribution in [-0.4, -0.2) is 71.3 Å². The normalized spacial score (nSPS) is 13.8.